The van der Waals surface area contributed by atoms with Crippen molar-refractivity contribution in [1.82, 2.24) is 4.98 Å². The number of amides is 1. The minimum absolute atomic E-state index is 0.00311. The smallest absolute Gasteiger partial charge is 0.404 e. The van der Waals surface area contributed by atoms with Gasteiger partial charge in [-0.2, -0.15) is 0 Å². The zero-order valence-electron chi connectivity index (χ0n) is 16.3. The van der Waals surface area contributed by atoms with E-state index < -0.39 is 6.09 Å². The van der Waals surface area contributed by atoms with Gasteiger partial charge in [0.05, 0.1) is 5.69 Å². The lowest BCUT2D eigenvalue weighted by atomic mass is 9.76. The summed E-state index contributed by atoms with van der Waals surface area (Å²) in [5.41, 5.74) is 8.60. The van der Waals surface area contributed by atoms with Crippen LogP contribution < -0.4 is 5.73 Å². The predicted molar refractivity (Wildman–Crippen MR) is 114 cm³/mol. The van der Waals surface area contributed by atoms with Gasteiger partial charge < -0.3 is 10.5 Å². The molecule has 2 aromatic rings. The van der Waals surface area contributed by atoms with Crippen LogP contribution in [0, 0.1) is 5.92 Å². The number of carbonyl (C=O) groups excluding carboxylic acids is 2. The number of nitrogens with two attached hydrogens (primary N) is 1. The first kappa shape index (κ1) is 20.1. The van der Waals surface area contributed by atoms with E-state index in [0.29, 0.717) is 23.2 Å². The highest BCUT2D eigenvalue weighted by Gasteiger charge is 2.34. The number of halogens is 1. The summed E-state index contributed by atoms with van der Waals surface area (Å²) in [4.78, 5) is 28.8. The summed E-state index contributed by atoms with van der Waals surface area (Å²) in [5.74, 6) is 1.10. The van der Waals surface area contributed by atoms with E-state index in [-0.39, 0.29) is 18.3 Å². The minimum atomic E-state index is -0.836. The predicted octanol–water partition coefficient (Wildman–Crippen LogP) is 5.47. The molecule has 0 saturated heterocycles. The topological polar surface area (TPSA) is 82.3 Å². The van der Waals surface area contributed by atoms with E-state index in [0.717, 1.165) is 48.6 Å². The molecule has 152 valence electrons. The average molecular weight is 457 g/mol. The summed E-state index contributed by atoms with van der Waals surface area (Å²) >= 11 is 3.49. The van der Waals surface area contributed by atoms with Crippen LogP contribution in [-0.2, 0) is 11.3 Å². The maximum absolute atomic E-state index is 13.3. The van der Waals surface area contributed by atoms with E-state index in [1.54, 1.807) is 0 Å². The Morgan fingerprint density at radius 1 is 0.966 bits per heavy atom. The van der Waals surface area contributed by atoms with Crippen molar-refractivity contribution in [2.75, 3.05) is 0 Å². The number of rotatable bonds is 6. The summed E-state index contributed by atoms with van der Waals surface area (Å²) in [7, 11) is 0. The number of Topliss-reactive ketones (excluding diaryl/α,β-unsaturated/α-hetero) is 1. The Kier molecular flexibility index (Phi) is 5.99. The van der Waals surface area contributed by atoms with Gasteiger partial charge in [-0.3, -0.25) is 4.79 Å². The van der Waals surface area contributed by atoms with Gasteiger partial charge in [0.1, 0.15) is 12.3 Å². The zero-order valence-corrected chi connectivity index (χ0v) is 17.9. The van der Waals surface area contributed by atoms with Gasteiger partial charge in [-0.25, -0.2) is 9.78 Å². The van der Waals surface area contributed by atoms with Crippen LogP contribution in [0.5, 0.6) is 0 Å². The molecule has 2 aliphatic carbocycles. The van der Waals surface area contributed by atoms with Crippen LogP contribution >= 0.6 is 15.9 Å². The molecule has 0 bridgehead atoms. The van der Waals surface area contributed by atoms with Crippen LogP contribution in [0.25, 0.3) is 0 Å². The lowest BCUT2D eigenvalue weighted by Crippen LogP contribution is -2.23. The van der Waals surface area contributed by atoms with Crippen molar-refractivity contribution in [3.8, 4) is 0 Å². The van der Waals surface area contributed by atoms with Crippen LogP contribution in [-0.4, -0.2) is 16.9 Å². The number of hydrogen-bond donors (Lipinski definition) is 1. The lowest BCUT2D eigenvalue weighted by molar-refractivity contribution is 0.0876. The number of nitrogens with zero attached hydrogens (tertiary/aromatic N) is 1. The van der Waals surface area contributed by atoms with E-state index in [1.807, 2.05) is 12.1 Å². The molecular formula is C23H25BrN2O3. The van der Waals surface area contributed by atoms with Crippen LogP contribution in [0.2, 0.25) is 0 Å². The van der Waals surface area contributed by atoms with Gasteiger partial charge >= 0.3 is 6.09 Å². The third-order valence-electron chi connectivity index (χ3n) is 6.04. The molecule has 1 amide bonds. The SMILES string of the molecule is NC(=O)OCc1ccc(C2CC2)c(C(=O)C2CCC(c3ccc(Br)cc3)CC2)n1. The van der Waals surface area contributed by atoms with E-state index in [9.17, 15) is 9.59 Å². The normalized spacial score (nSPS) is 21.6. The first-order valence-corrected chi connectivity index (χ1v) is 11.0. The van der Waals surface area contributed by atoms with E-state index in [4.69, 9.17) is 10.5 Å². The lowest BCUT2D eigenvalue weighted by Gasteiger charge is -2.28. The molecule has 0 aliphatic heterocycles. The van der Waals surface area contributed by atoms with Crippen LogP contribution in [0.1, 0.15) is 77.7 Å². The number of primary amides is 1. The Labute approximate surface area is 179 Å². The van der Waals surface area contributed by atoms with Crippen molar-refractivity contribution >= 4 is 27.8 Å². The average Bonchev–Trinajstić information content (AvgIpc) is 3.57. The van der Waals surface area contributed by atoms with Crippen molar-refractivity contribution in [2.24, 2.45) is 11.7 Å². The molecule has 0 radical (unpaired) electrons. The molecular weight excluding hydrogens is 432 g/mol. The minimum Gasteiger partial charge on any atom is -0.443 e. The Morgan fingerprint density at radius 2 is 1.62 bits per heavy atom. The van der Waals surface area contributed by atoms with Crippen LogP contribution in [0.3, 0.4) is 0 Å². The second kappa shape index (κ2) is 8.66. The molecule has 1 heterocycles. The Balaban J connectivity index is 1.46. The number of benzene rings is 1. The molecule has 1 aromatic carbocycles. The van der Waals surface area contributed by atoms with Gasteiger partial charge in [0.15, 0.2) is 5.78 Å². The number of aromatic nitrogens is 1. The largest absolute Gasteiger partial charge is 0.443 e. The Morgan fingerprint density at radius 3 is 2.24 bits per heavy atom. The van der Waals surface area contributed by atoms with Crippen molar-refractivity contribution in [3.63, 3.8) is 0 Å². The number of carbonyl (C=O) groups is 2. The molecule has 29 heavy (non-hydrogen) atoms. The second-order valence-corrected chi connectivity index (χ2v) is 9.00. The van der Waals surface area contributed by atoms with Gasteiger partial charge in [0.2, 0.25) is 0 Å². The summed E-state index contributed by atoms with van der Waals surface area (Å²) in [6.45, 7) is -0.00311. The van der Waals surface area contributed by atoms with Gasteiger partial charge in [-0.15, -0.1) is 0 Å². The fourth-order valence-electron chi connectivity index (χ4n) is 4.27. The van der Waals surface area contributed by atoms with E-state index >= 15 is 0 Å². The zero-order chi connectivity index (χ0) is 20.4. The van der Waals surface area contributed by atoms with E-state index in [1.165, 1.54) is 5.56 Å². The standard InChI is InChI=1S/C23H25BrN2O3/c24-18-9-7-15(8-10-18)14-1-5-17(6-2-14)22(27)21-20(16-3-4-16)12-11-19(26-21)13-29-23(25)28/h7-12,14,16-17H,1-6,13H2,(H2,25,28). The number of hydrogen-bond acceptors (Lipinski definition) is 4. The number of pyridine rings is 1. The van der Waals surface area contributed by atoms with Crippen molar-refractivity contribution in [3.05, 3.63) is 63.4 Å². The summed E-state index contributed by atoms with van der Waals surface area (Å²) in [5, 5.41) is 0. The highest BCUT2D eigenvalue weighted by Crippen LogP contribution is 2.43. The number of ether oxygens (including phenoxy) is 1. The number of ketones is 1. The van der Waals surface area contributed by atoms with Gasteiger partial charge in [0, 0.05) is 10.4 Å². The molecule has 2 saturated carbocycles. The summed E-state index contributed by atoms with van der Waals surface area (Å²) < 4.78 is 5.94. The third kappa shape index (κ3) is 4.86. The Hall–Kier alpha value is -2.21. The van der Waals surface area contributed by atoms with Crippen LogP contribution in [0.4, 0.5) is 4.79 Å². The summed E-state index contributed by atoms with van der Waals surface area (Å²) in [6, 6.07) is 12.3. The van der Waals surface area contributed by atoms with E-state index in [2.05, 4.69) is 45.2 Å². The quantitative estimate of drug-likeness (QED) is 0.583. The first-order chi connectivity index (χ1) is 14.0. The molecule has 0 unspecified atom stereocenters. The van der Waals surface area contributed by atoms with Gasteiger partial charge in [-0.1, -0.05) is 34.1 Å². The van der Waals surface area contributed by atoms with Gasteiger partial charge in [-0.05, 0) is 79.7 Å². The molecule has 6 heteroatoms. The van der Waals surface area contributed by atoms with Crippen molar-refractivity contribution in [1.29, 1.82) is 0 Å². The molecule has 5 nitrogen and oxygen atoms in total. The molecule has 0 spiro atoms. The molecule has 1 aromatic heterocycles. The highest BCUT2D eigenvalue weighted by molar-refractivity contribution is 9.10. The van der Waals surface area contributed by atoms with Gasteiger partial charge in [0.25, 0.3) is 0 Å². The monoisotopic (exact) mass is 456 g/mol. The fourth-order valence-corrected chi connectivity index (χ4v) is 4.54. The maximum Gasteiger partial charge on any atom is 0.404 e. The Bertz CT molecular complexity index is 901. The summed E-state index contributed by atoms with van der Waals surface area (Å²) in [6.07, 6.45) is 5.17. The molecule has 0 atom stereocenters. The molecule has 4 rings (SSSR count). The molecule has 2 fully saturated rings. The first-order valence-electron chi connectivity index (χ1n) is 10.2. The maximum atomic E-state index is 13.3. The van der Waals surface area contributed by atoms with Crippen molar-refractivity contribution in [2.45, 2.75) is 57.0 Å². The fraction of sp³-hybridized carbons (Fsp3) is 0.435. The highest BCUT2D eigenvalue weighted by atomic mass is 79.9. The van der Waals surface area contributed by atoms with Crippen LogP contribution in [0.15, 0.2) is 40.9 Å². The second-order valence-electron chi connectivity index (χ2n) is 8.09. The van der Waals surface area contributed by atoms with Crippen molar-refractivity contribution < 1.29 is 14.3 Å². The molecule has 2 aliphatic rings. The third-order valence-corrected chi connectivity index (χ3v) is 6.57. The molecule has 2 N–H and O–H groups in total.